The predicted octanol–water partition coefficient (Wildman–Crippen LogP) is 6.67. The molecule has 0 spiro atoms. The highest BCUT2D eigenvalue weighted by atomic mass is 35.5. The average molecular weight is 611 g/mol. The molecule has 0 N–H and O–H groups in total. The lowest BCUT2D eigenvalue weighted by molar-refractivity contribution is 0.291. The van der Waals surface area contributed by atoms with Crippen molar-refractivity contribution in [3.8, 4) is 11.6 Å². The molecule has 4 rings (SSSR count). The first kappa shape index (κ1) is 30.4. The number of anilines is 1. The number of nitrogens with zero attached hydrogens (tertiary/aromatic N) is 4. The maximum atomic E-state index is 14.1. The summed E-state index contributed by atoms with van der Waals surface area (Å²) in [7, 11) is -2.51. The van der Waals surface area contributed by atoms with Crippen LogP contribution < -0.4 is 13.8 Å². The number of ether oxygens (including phenoxy) is 2. The van der Waals surface area contributed by atoms with Crippen molar-refractivity contribution in [2.45, 2.75) is 37.4 Å². The fourth-order valence-electron chi connectivity index (χ4n) is 4.14. The summed E-state index contributed by atoms with van der Waals surface area (Å²) in [4.78, 5) is 13.4. The second-order valence-corrected chi connectivity index (χ2v) is 12.2. The van der Waals surface area contributed by atoms with Crippen molar-refractivity contribution in [3.05, 3.63) is 100.0 Å². The van der Waals surface area contributed by atoms with E-state index in [1.807, 2.05) is 51.1 Å². The van der Waals surface area contributed by atoms with Crippen LogP contribution in [0, 0.1) is 20.8 Å². The summed E-state index contributed by atoms with van der Waals surface area (Å²) in [6.07, 6.45) is 6.98. The number of hydrogen-bond acceptors (Lipinski definition) is 8. The summed E-state index contributed by atoms with van der Waals surface area (Å²) in [5.41, 5.74) is 4.28. The van der Waals surface area contributed by atoms with Gasteiger partial charge in [0.15, 0.2) is 16.0 Å². The Labute approximate surface area is 250 Å². The Morgan fingerprint density at radius 1 is 1.02 bits per heavy atom. The molecule has 0 saturated heterocycles. The van der Waals surface area contributed by atoms with E-state index in [4.69, 9.17) is 21.1 Å². The zero-order chi connectivity index (χ0) is 29.6. The largest absolute Gasteiger partial charge is 0.496 e. The predicted molar refractivity (Wildman–Crippen MR) is 165 cm³/mol. The number of halogens is 1. The number of thioether (sulfide) groups is 1. The van der Waals surface area contributed by atoms with Crippen LogP contribution in [0.3, 0.4) is 0 Å². The number of hydrogen-bond donors (Lipinski definition) is 0. The third-order valence-corrected chi connectivity index (χ3v) is 8.87. The third-order valence-electron chi connectivity index (χ3n) is 6.28. The van der Waals surface area contributed by atoms with E-state index in [1.54, 1.807) is 56.0 Å². The highest BCUT2D eigenvalue weighted by molar-refractivity contribution is 7.98. The van der Waals surface area contributed by atoms with E-state index < -0.39 is 10.0 Å². The van der Waals surface area contributed by atoms with Gasteiger partial charge in [0.05, 0.1) is 24.2 Å². The molecule has 0 atom stereocenters. The molecule has 0 aliphatic carbocycles. The smallest absolute Gasteiger partial charge is 0.264 e. The van der Waals surface area contributed by atoms with Crippen LogP contribution in [-0.4, -0.2) is 43.3 Å². The molecule has 2 heterocycles. The van der Waals surface area contributed by atoms with Crippen molar-refractivity contribution >= 4 is 45.1 Å². The number of rotatable bonds is 11. The lowest BCUT2D eigenvalue weighted by atomic mass is 10.1. The number of sulfonamides is 1. The Hall–Kier alpha value is -3.60. The first-order valence-corrected chi connectivity index (χ1v) is 15.7. The summed E-state index contributed by atoms with van der Waals surface area (Å²) >= 11 is 7.96. The highest BCUT2D eigenvalue weighted by Crippen LogP contribution is 2.38. The molecule has 4 aromatic rings. The molecule has 0 amide bonds. The van der Waals surface area contributed by atoms with E-state index in [9.17, 15) is 8.42 Å². The van der Waals surface area contributed by atoms with Crippen LogP contribution in [-0.2, 0) is 16.6 Å². The van der Waals surface area contributed by atoms with Gasteiger partial charge in [0.2, 0.25) is 5.88 Å². The minimum Gasteiger partial charge on any atom is -0.496 e. The SMILES string of the molecule is COc1c(C)cnc(C=CCN(c2c(Cl)nc(SC)nc2OCc2ccccc2)S(=O)(=O)c2ccc(C)cc2)c1C. The second kappa shape index (κ2) is 13.4. The zero-order valence-corrected chi connectivity index (χ0v) is 25.8. The molecule has 0 radical (unpaired) electrons. The Kier molecular flexibility index (Phi) is 9.90. The molecule has 2 aromatic carbocycles. The lowest BCUT2D eigenvalue weighted by Gasteiger charge is -2.25. The topological polar surface area (TPSA) is 94.5 Å². The van der Waals surface area contributed by atoms with Crippen molar-refractivity contribution < 1.29 is 17.9 Å². The van der Waals surface area contributed by atoms with Gasteiger partial charge in [-0.15, -0.1) is 0 Å². The maximum absolute atomic E-state index is 14.1. The molecule has 8 nitrogen and oxygen atoms in total. The van der Waals surface area contributed by atoms with Crippen LogP contribution in [0.1, 0.15) is 27.9 Å². The van der Waals surface area contributed by atoms with Crippen molar-refractivity contribution in [2.75, 3.05) is 24.2 Å². The molecule has 0 bridgehead atoms. The molecule has 11 heteroatoms. The van der Waals surface area contributed by atoms with E-state index in [2.05, 4.69) is 15.0 Å². The zero-order valence-electron chi connectivity index (χ0n) is 23.5. The van der Waals surface area contributed by atoms with Gasteiger partial charge >= 0.3 is 0 Å². The fourth-order valence-corrected chi connectivity index (χ4v) is 6.28. The van der Waals surface area contributed by atoms with Crippen LogP contribution in [0.25, 0.3) is 6.08 Å². The third kappa shape index (κ3) is 7.01. The van der Waals surface area contributed by atoms with Crippen molar-refractivity contribution in [2.24, 2.45) is 0 Å². The van der Waals surface area contributed by atoms with E-state index in [1.165, 1.54) is 16.1 Å². The number of benzene rings is 2. The minimum absolute atomic E-state index is 0.0391. The second-order valence-electron chi connectivity index (χ2n) is 9.17. The van der Waals surface area contributed by atoms with Crippen molar-refractivity contribution in [1.82, 2.24) is 15.0 Å². The Morgan fingerprint density at radius 2 is 1.73 bits per heavy atom. The van der Waals surface area contributed by atoms with Crippen LogP contribution in [0.4, 0.5) is 5.69 Å². The molecule has 0 unspecified atom stereocenters. The monoisotopic (exact) mass is 610 g/mol. The summed E-state index contributed by atoms with van der Waals surface area (Å²) in [5.74, 6) is 0.790. The average Bonchev–Trinajstić information content (AvgIpc) is 2.96. The molecule has 2 aromatic heterocycles. The Morgan fingerprint density at radius 3 is 2.39 bits per heavy atom. The van der Waals surface area contributed by atoms with Crippen LogP contribution in [0.2, 0.25) is 5.15 Å². The number of methoxy groups -OCH3 is 1. The summed E-state index contributed by atoms with van der Waals surface area (Å²) in [6.45, 7) is 5.79. The lowest BCUT2D eigenvalue weighted by Crippen LogP contribution is -2.32. The van der Waals surface area contributed by atoms with E-state index in [0.717, 1.165) is 28.0 Å². The first-order chi connectivity index (χ1) is 19.6. The van der Waals surface area contributed by atoms with Gasteiger partial charge in [-0.2, -0.15) is 4.98 Å². The van der Waals surface area contributed by atoms with Gasteiger partial charge in [0.25, 0.3) is 10.0 Å². The molecule has 0 saturated carbocycles. The van der Waals surface area contributed by atoms with Gasteiger partial charge in [-0.05, 0) is 50.8 Å². The van der Waals surface area contributed by atoms with Crippen molar-refractivity contribution in [3.63, 3.8) is 0 Å². The van der Waals surface area contributed by atoms with E-state index >= 15 is 0 Å². The summed E-state index contributed by atoms with van der Waals surface area (Å²) in [6, 6.07) is 16.1. The molecular weight excluding hydrogens is 580 g/mol. The fraction of sp³-hybridized carbons (Fsp3) is 0.233. The van der Waals surface area contributed by atoms with Crippen LogP contribution in [0.5, 0.6) is 11.6 Å². The maximum Gasteiger partial charge on any atom is 0.264 e. The van der Waals surface area contributed by atoms with E-state index in [0.29, 0.717) is 10.9 Å². The summed E-state index contributed by atoms with van der Waals surface area (Å²) in [5, 5.41) is 0.319. The highest BCUT2D eigenvalue weighted by Gasteiger charge is 2.31. The molecule has 214 valence electrons. The van der Waals surface area contributed by atoms with Crippen LogP contribution >= 0.6 is 23.4 Å². The van der Waals surface area contributed by atoms with Crippen molar-refractivity contribution in [1.29, 1.82) is 0 Å². The van der Waals surface area contributed by atoms with Gasteiger partial charge in [-0.3, -0.25) is 9.29 Å². The molecule has 0 aliphatic heterocycles. The standard InChI is InChI=1S/C30H31ClN4O4S2/c1-20-13-15-24(16-14-20)41(36,37)35(17-9-12-25-22(3)27(38-4)21(2)18-32-25)26-28(31)33-30(40-5)34-29(26)39-19-23-10-7-6-8-11-23/h6-16,18H,17,19H2,1-5H3. The Balaban J connectivity index is 1.81. The first-order valence-electron chi connectivity index (χ1n) is 12.7. The van der Waals surface area contributed by atoms with Gasteiger partial charge < -0.3 is 9.47 Å². The van der Waals surface area contributed by atoms with Gasteiger partial charge in [-0.25, -0.2) is 13.4 Å². The number of aromatic nitrogens is 3. The molecule has 41 heavy (non-hydrogen) atoms. The summed E-state index contributed by atoms with van der Waals surface area (Å²) < 4.78 is 41.0. The number of pyridine rings is 1. The normalized spacial score (nSPS) is 11.6. The number of aryl methyl sites for hydroxylation is 2. The van der Waals surface area contributed by atoms with E-state index in [-0.39, 0.29) is 34.8 Å². The Bertz CT molecular complexity index is 1650. The van der Waals surface area contributed by atoms with Gasteiger partial charge in [0, 0.05) is 17.3 Å². The van der Waals surface area contributed by atoms with Gasteiger partial charge in [0.1, 0.15) is 12.4 Å². The molecule has 0 aliphatic rings. The minimum atomic E-state index is -4.12. The van der Waals surface area contributed by atoms with Crippen LogP contribution in [0.15, 0.2) is 76.9 Å². The van der Waals surface area contributed by atoms with Gasteiger partial charge in [-0.1, -0.05) is 77.5 Å². The molecule has 0 fully saturated rings. The quantitative estimate of drug-likeness (QED) is 0.106. The molecular formula is C30H31ClN4O4S2.